The van der Waals surface area contributed by atoms with Gasteiger partial charge >= 0.3 is 0 Å². The molecule has 1 aromatic carbocycles. The van der Waals surface area contributed by atoms with Crippen molar-refractivity contribution in [2.24, 2.45) is 0 Å². The summed E-state index contributed by atoms with van der Waals surface area (Å²) in [6.07, 6.45) is 0.251. The highest BCUT2D eigenvalue weighted by molar-refractivity contribution is 5.77. The van der Waals surface area contributed by atoms with Crippen LogP contribution in [0.15, 0.2) is 30.3 Å². The Kier molecular flexibility index (Phi) is 9.23. The maximum absolute atomic E-state index is 13.4. The van der Waals surface area contributed by atoms with Crippen molar-refractivity contribution in [1.82, 2.24) is 19.3 Å². The van der Waals surface area contributed by atoms with E-state index in [0.717, 1.165) is 45.8 Å². The van der Waals surface area contributed by atoms with E-state index in [0.29, 0.717) is 25.5 Å². The smallest absolute Gasteiger partial charge is 0.225 e. The molecule has 8 nitrogen and oxygen atoms in total. The maximum Gasteiger partial charge on any atom is 0.225 e. The van der Waals surface area contributed by atoms with Gasteiger partial charge in [0.2, 0.25) is 5.91 Å². The number of piperazine rings is 1. The van der Waals surface area contributed by atoms with Crippen LogP contribution < -0.4 is 4.74 Å². The van der Waals surface area contributed by atoms with Gasteiger partial charge in [0.05, 0.1) is 19.6 Å². The highest BCUT2D eigenvalue weighted by atomic mass is 19.1. The molecule has 37 heavy (non-hydrogen) atoms. The quantitative estimate of drug-likeness (QED) is 0.484. The SMILES string of the molecule is COCCn1c(C)cc(CN2CCO[C@](COc3ccc(F)cc3)(CC(=O)N3CCN(C)CC3)C2)c1C. The fourth-order valence-corrected chi connectivity index (χ4v) is 5.29. The Hall–Kier alpha value is -2.46. The van der Waals surface area contributed by atoms with E-state index >= 15 is 0 Å². The summed E-state index contributed by atoms with van der Waals surface area (Å²) in [6, 6.07) is 8.23. The third kappa shape index (κ3) is 7.10. The molecule has 0 unspecified atom stereocenters. The van der Waals surface area contributed by atoms with Crippen LogP contribution in [0.2, 0.25) is 0 Å². The summed E-state index contributed by atoms with van der Waals surface area (Å²) in [7, 11) is 3.80. The van der Waals surface area contributed by atoms with Crippen molar-refractivity contribution in [3.63, 3.8) is 0 Å². The van der Waals surface area contributed by atoms with E-state index in [-0.39, 0.29) is 24.8 Å². The molecule has 2 saturated heterocycles. The van der Waals surface area contributed by atoms with Crippen LogP contribution in [0.1, 0.15) is 23.4 Å². The zero-order valence-electron chi connectivity index (χ0n) is 22.7. The molecule has 2 aliphatic rings. The molecule has 0 saturated carbocycles. The molecule has 0 radical (unpaired) electrons. The number of methoxy groups -OCH3 is 1. The second-order valence-electron chi connectivity index (χ2n) is 10.4. The van der Waals surface area contributed by atoms with Gasteiger partial charge in [0.15, 0.2) is 0 Å². The number of hydrogen-bond donors (Lipinski definition) is 0. The average molecular weight is 517 g/mol. The minimum atomic E-state index is -0.783. The summed E-state index contributed by atoms with van der Waals surface area (Å²) in [6.45, 7) is 11.8. The van der Waals surface area contributed by atoms with E-state index in [1.165, 1.54) is 29.1 Å². The van der Waals surface area contributed by atoms with Crippen LogP contribution in [0.3, 0.4) is 0 Å². The number of likely N-dealkylation sites (N-methyl/N-ethyl adjacent to an activating group) is 1. The number of amides is 1. The summed E-state index contributed by atoms with van der Waals surface area (Å²) < 4.78 is 33.4. The number of halogens is 1. The molecule has 4 rings (SSSR count). The minimum Gasteiger partial charge on any atom is -0.491 e. The zero-order chi connectivity index (χ0) is 26.4. The van der Waals surface area contributed by atoms with Crippen molar-refractivity contribution >= 4 is 5.91 Å². The predicted molar refractivity (Wildman–Crippen MR) is 140 cm³/mol. The van der Waals surface area contributed by atoms with Gasteiger partial charge in [0.1, 0.15) is 23.8 Å². The number of aryl methyl sites for hydroxylation is 1. The number of carbonyl (C=O) groups is 1. The minimum absolute atomic E-state index is 0.0930. The van der Waals surface area contributed by atoms with Gasteiger partial charge in [-0.25, -0.2) is 4.39 Å². The number of carbonyl (C=O) groups excluding carboxylic acids is 1. The first-order valence-corrected chi connectivity index (χ1v) is 13.1. The Labute approximate surface area is 219 Å². The predicted octanol–water partition coefficient (Wildman–Crippen LogP) is 2.70. The molecule has 9 heteroatoms. The third-order valence-corrected chi connectivity index (χ3v) is 7.56. The van der Waals surface area contributed by atoms with Gasteiger partial charge in [-0.15, -0.1) is 0 Å². The highest BCUT2D eigenvalue weighted by Crippen LogP contribution is 2.28. The van der Waals surface area contributed by atoms with Gasteiger partial charge in [-0.2, -0.15) is 0 Å². The molecule has 204 valence electrons. The molecule has 3 heterocycles. The van der Waals surface area contributed by atoms with Crippen LogP contribution in [0.4, 0.5) is 4.39 Å². The monoisotopic (exact) mass is 516 g/mol. The Morgan fingerprint density at radius 2 is 1.84 bits per heavy atom. The van der Waals surface area contributed by atoms with Crippen LogP contribution in [-0.4, -0.2) is 104 Å². The van der Waals surface area contributed by atoms with Crippen LogP contribution in [0.5, 0.6) is 5.75 Å². The van der Waals surface area contributed by atoms with E-state index in [9.17, 15) is 9.18 Å². The molecule has 1 aromatic heterocycles. The summed E-state index contributed by atoms with van der Waals surface area (Å²) in [4.78, 5) is 19.9. The molecule has 0 aliphatic carbocycles. The molecular formula is C28H41FN4O4. The van der Waals surface area contributed by atoms with E-state index in [1.54, 1.807) is 19.2 Å². The number of rotatable bonds is 10. The van der Waals surface area contributed by atoms with Crippen molar-refractivity contribution in [1.29, 1.82) is 0 Å². The molecule has 0 spiro atoms. The molecular weight excluding hydrogens is 475 g/mol. The molecule has 1 atom stereocenters. The summed E-state index contributed by atoms with van der Waals surface area (Å²) in [5.74, 6) is 0.348. The van der Waals surface area contributed by atoms with Gasteiger partial charge in [-0.1, -0.05) is 0 Å². The van der Waals surface area contributed by atoms with Gasteiger partial charge in [0.25, 0.3) is 0 Å². The number of aromatic nitrogens is 1. The molecule has 1 amide bonds. The largest absolute Gasteiger partial charge is 0.491 e. The number of morpholine rings is 1. The number of hydrogen-bond acceptors (Lipinski definition) is 6. The Morgan fingerprint density at radius 1 is 1.11 bits per heavy atom. The van der Waals surface area contributed by atoms with Crippen molar-refractivity contribution in [3.05, 3.63) is 53.1 Å². The number of ether oxygens (including phenoxy) is 3. The summed E-state index contributed by atoms with van der Waals surface area (Å²) >= 11 is 0. The first kappa shape index (κ1) is 27.6. The summed E-state index contributed by atoms with van der Waals surface area (Å²) in [5.41, 5.74) is 2.94. The number of benzene rings is 1. The molecule has 0 bridgehead atoms. The standard InChI is InChI=1S/C28H41FN4O4/c1-22-17-24(23(2)33(22)14-15-35-4)19-31-13-16-37-28(20-31,21-36-26-7-5-25(29)6-8-26)18-27(34)32-11-9-30(3)10-12-32/h5-8,17H,9-16,18-21H2,1-4H3/t28-/m1/s1. The first-order valence-electron chi connectivity index (χ1n) is 13.1. The molecule has 2 fully saturated rings. The number of nitrogens with zero attached hydrogens (tertiary/aromatic N) is 4. The van der Waals surface area contributed by atoms with Gasteiger partial charge in [-0.05, 0) is 56.8 Å². The van der Waals surface area contributed by atoms with Crippen LogP contribution in [-0.2, 0) is 27.4 Å². The molecule has 2 aromatic rings. The first-order chi connectivity index (χ1) is 17.8. The molecule has 0 N–H and O–H groups in total. The lowest BCUT2D eigenvalue weighted by Gasteiger charge is -2.43. The van der Waals surface area contributed by atoms with Gasteiger partial charge in [0, 0.05) is 70.9 Å². The fraction of sp³-hybridized carbons (Fsp3) is 0.607. The van der Waals surface area contributed by atoms with Crippen molar-refractivity contribution < 1.29 is 23.4 Å². The van der Waals surface area contributed by atoms with Crippen molar-refractivity contribution in [2.45, 2.75) is 39.0 Å². The highest BCUT2D eigenvalue weighted by Gasteiger charge is 2.41. The Bertz CT molecular complexity index is 1040. The maximum atomic E-state index is 13.4. The van der Waals surface area contributed by atoms with Crippen LogP contribution in [0, 0.1) is 19.7 Å². The molecule has 2 aliphatic heterocycles. The zero-order valence-corrected chi connectivity index (χ0v) is 22.7. The van der Waals surface area contributed by atoms with Crippen molar-refractivity contribution in [3.8, 4) is 5.75 Å². The lowest BCUT2D eigenvalue weighted by atomic mass is 9.96. The lowest BCUT2D eigenvalue weighted by Crippen LogP contribution is -2.58. The topological polar surface area (TPSA) is 59.4 Å². The third-order valence-electron chi connectivity index (χ3n) is 7.56. The van der Waals surface area contributed by atoms with E-state index in [2.05, 4.69) is 41.3 Å². The normalized spacial score (nSPS) is 21.4. The summed E-state index contributed by atoms with van der Waals surface area (Å²) in [5, 5.41) is 0. The van der Waals surface area contributed by atoms with Crippen LogP contribution in [0.25, 0.3) is 0 Å². The van der Waals surface area contributed by atoms with Crippen LogP contribution >= 0.6 is 0 Å². The van der Waals surface area contributed by atoms with E-state index < -0.39 is 5.60 Å². The van der Waals surface area contributed by atoms with Gasteiger partial charge in [-0.3, -0.25) is 9.69 Å². The Morgan fingerprint density at radius 3 is 2.54 bits per heavy atom. The lowest BCUT2D eigenvalue weighted by molar-refractivity contribution is -0.157. The second-order valence-corrected chi connectivity index (χ2v) is 10.4. The van der Waals surface area contributed by atoms with E-state index in [4.69, 9.17) is 14.2 Å². The second kappa shape index (κ2) is 12.4. The van der Waals surface area contributed by atoms with Gasteiger partial charge < -0.3 is 28.6 Å². The Balaban J connectivity index is 1.49. The van der Waals surface area contributed by atoms with E-state index in [1.807, 2.05) is 4.90 Å². The fourth-order valence-electron chi connectivity index (χ4n) is 5.29. The van der Waals surface area contributed by atoms with Crippen molar-refractivity contribution in [2.75, 3.05) is 73.2 Å². The average Bonchev–Trinajstić information content (AvgIpc) is 3.14.